The lowest BCUT2D eigenvalue weighted by molar-refractivity contribution is -0.147. The standard InChI is InChI=1S/C19H25NO4/c1-2-24-19(22)17-9-4-10-20(17)18(21)15-7-3-6-14(12-15)16-8-5-11-23-13-16/h3,6-7,12,16-17H,2,4-5,8-11,13H2,1H3/t16-,17-/m1/s1. The fraction of sp³-hybridized carbons (Fsp3) is 0.579. The summed E-state index contributed by atoms with van der Waals surface area (Å²) in [7, 11) is 0. The highest BCUT2D eigenvalue weighted by molar-refractivity contribution is 5.97. The van der Waals surface area contributed by atoms with Crippen molar-refractivity contribution in [2.24, 2.45) is 0 Å². The molecule has 0 aromatic heterocycles. The molecule has 0 N–H and O–H groups in total. The lowest BCUT2D eigenvalue weighted by atomic mass is 9.92. The van der Waals surface area contributed by atoms with Gasteiger partial charge in [0.2, 0.25) is 0 Å². The molecule has 0 radical (unpaired) electrons. The van der Waals surface area contributed by atoms with Crippen LogP contribution in [-0.2, 0) is 14.3 Å². The highest BCUT2D eigenvalue weighted by atomic mass is 16.5. The molecular weight excluding hydrogens is 306 g/mol. The fourth-order valence-corrected chi connectivity index (χ4v) is 3.59. The number of hydrogen-bond acceptors (Lipinski definition) is 4. The van der Waals surface area contributed by atoms with E-state index in [1.54, 1.807) is 11.8 Å². The first-order valence-corrected chi connectivity index (χ1v) is 8.86. The van der Waals surface area contributed by atoms with Crippen molar-refractivity contribution in [1.82, 2.24) is 4.90 Å². The van der Waals surface area contributed by atoms with E-state index in [0.717, 1.165) is 31.4 Å². The van der Waals surface area contributed by atoms with Crippen LogP contribution in [0.3, 0.4) is 0 Å². The normalized spacial score (nSPS) is 24.0. The van der Waals surface area contributed by atoms with Gasteiger partial charge in [0.15, 0.2) is 0 Å². The quantitative estimate of drug-likeness (QED) is 0.796. The molecule has 5 heteroatoms. The van der Waals surface area contributed by atoms with Crippen molar-refractivity contribution < 1.29 is 19.1 Å². The van der Waals surface area contributed by atoms with E-state index in [1.165, 1.54) is 0 Å². The molecule has 2 heterocycles. The molecule has 24 heavy (non-hydrogen) atoms. The second-order valence-corrected chi connectivity index (χ2v) is 6.45. The summed E-state index contributed by atoms with van der Waals surface area (Å²) in [5.74, 6) is -0.0183. The van der Waals surface area contributed by atoms with E-state index < -0.39 is 6.04 Å². The molecule has 3 rings (SSSR count). The average molecular weight is 331 g/mol. The zero-order chi connectivity index (χ0) is 16.9. The Labute approximate surface area is 142 Å². The average Bonchev–Trinajstić information content (AvgIpc) is 3.12. The Balaban J connectivity index is 1.75. The third-order valence-corrected chi connectivity index (χ3v) is 4.84. The molecule has 2 saturated heterocycles. The molecule has 5 nitrogen and oxygen atoms in total. The predicted molar refractivity (Wildman–Crippen MR) is 89.9 cm³/mol. The van der Waals surface area contributed by atoms with Crippen LogP contribution in [0.5, 0.6) is 0 Å². The number of esters is 1. The molecule has 2 atom stereocenters. The van der Waals surface area contributed by atoms with Crippen LogP contribution < -0.4 is 0 Å². The third kappa shape index (κ3) is 3.61. The van der Waals surface area contributed by atoms with E-state index in [-0.39, 0.29) is 11.9 Å². The van der Waals surface area contributed by atoms with Crippen molar-refractivity contribution >= 4 is 11.9 Å². The Kier molecular flexibility index (Phi) is 5.51. The van der Waals surface area contributed by atoms with Gasteiger partial charge in [-0.3, -0.25) is 4.79 Å². The molecule has 0 saturated carbocycles. The number of carbonyl (C=O) groups excluding carboxylic acids is 2. The van der Waals surface area contributed by atoms with Gasteiger partial charge in [0, 0.05) is 24.6 Å². The summed E-state index contributed by atoms with van der Waals surface area (Å²) in [5, 5.41) is 0. The molecule has 2 aliphatic heterocycles. The minimum absolute atomic E-state index is 0.0795. The van der Waals surface area contributed by atoms with E-state index in [4.69, 9.17) is 9.47 Å². The van der Waals surface area contributed by atoms with Gasteiger partial charge in [0.25, 0.3) is 5.91 Å². The molecule has 130 valence electrons. The minimum atomic E-state index is -0.445. The molecule has 1 aromatic carbocycles. The van der Waals surface area contributed by atoms with Crippen molar-refractivity contribution in [3.8, 4) is 0 Å². The lowest BCUT2D eigenvalue weighted by Crippen LogP contribution is -2.41. The smallest absolute Gasteiger partial charge is 0.328 e. The third-order valence-electron chi connectivity index (χ3n) is 4.84. The van der Waals surface area contributed by atoms with E-state index >= 15 is 0 Å². The topological polar surface area (TPSA) is 55.8 Å². The van der Waals surface area contributed by atoms with Gasteiger partial charge in [-0.05, 0) is 50.3 Å². The van der Waals surface area contributed by atoms with Gasteiger partial charge in [0.05, 0.1) is 13.2 Å². The molecule has 2 fully saturated rings. The van der Waals surface area contributed by atoms with Crippen molar-refractivity contribution in [3.63, 3.8) is 0 Å². The number of likely N-dealkylation sites (tertiary alicyclic amines) is 1. The van der Waals surface area contributed by atoms with Crippen LogP contribution >= 0.6 is 0 Å². The Hall–Kier alpha value is -1.88. The summed E-state index contributed by atoms with van der Waals surface area (Å²) >= 11 is 0. The number of nitrogens with zero attached hydrogens (tertiary/aromatic N) is 1. The van der Waals surface area contributed by atoms with Crippen LogP contribution in [-0.4, -0.2) is 49.2 Å². The number of carbonyl (C=O) groups is 2. The minimum Gasteiger partial charge on any atom is -0.464 e. The summed E-state index contributed by atoms with van der Waals surface area (Å²) < 4.78 is 10.7. The van der Waals surface area contributed by atoms with Gasteiger partial charge >= 0.3 is 5.97 Å². The van der Waals surface area contributed by atoms with Gasteiger partial charge in [-0.2, -0.15) is 0 Å². The second kappa shape index (κ2) is 7.79. The zero-order valence-corrected chi connectivity index (χ0v) is 14.2. The summed E-state index contributed by atoms with van der Waals surface area (Å²) in [4.78, 5) is 26.6. The maximum absolute atomic E-state index is 12.9. The first-order valence-electron chi connectivity index (χ1n) is 8.86. The first kappa shape index (κ1) is 17.0. The molecule has 1 amide bonds. The number of amides is 1. The van der Waals surface area contributed by atoms with E-state index in [9.17, 15) is 9.59 Å². The molecule has 2 aliphatic rings. The SMILES string of the molecule is CCOC(=O)[C@H]1CCCN1C(=O)c1cccc([C@@H]2CCCOC2)c1. The van der Waals surface area contributed by atoms with Gasteiger partial charge < -0.3 is 14.4 Å². The molecule has 1 aromatic rings. The largest absolute Gasteiger partial charge is 0.464 e. The van der Waals surface area contributed by atoms with Crippen molar-refractivity contribution in [3.05, 3.63) is 35.4 Å². The van der Waals surface area contributed by atoms with Crippen molar-refractivity contribution in [2.45, 2.75) is 44.6 Å². The molecule has 0 spiro atoms. The Morgan fingerprint density at radius 1 is 1.29 bits per heavy atom. The summed E-state index contributed by atoms with van der Waals surface area (Å²) in [6.07, 6.45) is 3.67. The van der Waals surface area contributed by atoms with Crippen LogP contribution in [0.25, 0.3) is 0 Å². The molecule has 0 aliphatic carbocycles. The monoisotopic (exact) mass is 331 g/mol. The Morgan fingerprint density at radius 2 is 2.17 bits per heavy atom. The van der Waals surface area contributed by atoms with Crippen LogP contribution in [0, 0.1) is 0 Å². The number of hydrogen-bond donors (Lipinski definition) is 0. The van der Waals surface area contributed by atoms with Crippen LogP contribution in [0.2, 0.25) is 0 Å². The molecule has 0 bridgehead atoms. The summed E-state index contributed by atoms with van der Waals surface area (Å²) in [5.41, 5.74) is 1.79. The summed E-state index contributed by atoms with van der Waals surface area (Å²) in [6, 6.07) is 7.33. The van der Waals surface area contributed by atoms with Gasteiger partial charge in [-0.25, -0.2) is 4.79 Å². The highest BCUT2D eigenvalue weighted by Crippen LogP contribution is 2.27. The van der Waals surface area contributed by atoms with Crippen LogP contribution in [0.1, 0.15) is 54.4 Å². The maximum Gasteiger partial charge on any atom is 0.328 e. The van der Waals surface area contributed by atoms with Crippen molar-refractivity contribution in [2.75, 3.05) is 26.4 Å². The van der Waals surface area contributed by atoms with Gasteiger partial charge in [-0.1, -0.05) is 12.1 Å². The van der Waals surface area contributed by atoms with Crippen molar-refractivity contribution in [1.29, 1.82) is 0 Å². The highest BCUT2D eigenvalue weighted by Gasteiger charge is 2.35. The van der Waals surface area contributed by atoms with E-state index in [2.05, 4.69) is 6.07 Å². The van der Waals surface area contributed by atoms with Crippen LogP contribution in [0.15, 0.2) is 24.3 Å². The predicted octanol–water partition coefficient (Wildman–Crippen LogP) is 2.75. The number of rotatable bonds is 4. The lowest BCUT2D eigenvalue weighted by Gasteiger charge is -2.25. The number of benzene rings is 1. The van der Waals surface area contributed by atoms with E-state index in [0.29, 0.717) is 37.7 Å². The zero-order valence-electron chi connectivity index (χ0n) is 14.2. The van der Waals surface area contributed by atoms with Gasteiger partial charge in [-0.15, -0.1) is 0 Å². The maximum atomic E-state index is 12.9. The Morgan fingerprint density at radius 3 is 2.92 bits per heavy atom. The molecule has 0 unspecified atom stereocenters. The first-order chi connectivity index (χ1) is 11.7. The summed E-state index contributed by atoms with van der Waals surface area (Å²) in [6.45, 7) is 4.28. The van der Waals surface area contributed by atoms with Gasteiger partial charge in [0.1, 0.15) is 6.04 Å². The fourth-order valence-electron chi connectivity index (χ4n) is 3.59. The second-order valence-electron chi connectivity index (χ2n) is 6.45. The van der Waals surface area contributed by atoms with E-state index in [1.807, 2.05) is 18.2 Å². The number of ether oxygens (including phenoxy) is 2. The Bertz CT molecular complexity index is 595. The molecular formula is C19H25NO4. The van der Waals surface area contributed by atoms with Crippen LogP contribution in [0.4, 0.5) is 0 Å².